The van der Waals surface area contributed by atoms with Crippen molar-refractivity contribution in [3.05, 3.63) is 60.2 Å². The average molecular weight is 344 g/mol. The summed E-state index contributed by atoms with van der Waals surface area (Å²) in [5, 5.41) is 1.87. The van der Waals surface area contributed by atoms with Gasteiger partial charge < -0.3 is 0 Å². The Bertz CT molecular complexity index is 821. The second kappa shape index (κ2) is 5.88. The number of anilines is 1. The van der Waals surface area contributed by atoms with E-state index in [1.165, 1.54) is 0 Å². The predicted octanol–water partition coefficient (Wildman–Crippen LogP) is 2.44. The van der Waals surface area contributed by atoms with E-state index in [-0.39, 0.29) is 12.0 Å². The molecule has 0 bridgehead atoms. The van der Waals surface area contributed by atoms with Gasteiger partial charge in [0.15, 0.2) is 0 Å². The van der Waals surface area contributed by atoms with Crippen LogP contribution in [0.5, 0.6) is 0 Å². The van der Waals surface area contributed by atoms with Crippen LogP contribution >= 0.6 is 0 Å². The number of hydrogen-bond acceptors (Lipinski definition) is 4. The van der Waals surface area contributed by atoms with Gasteiger partial charge in [-0.05, 0) is 31.2 Å². The molecule has 0 aliphatic carbocycles. The van der Waals surface area contributed by atoms with Crippen LogP contribution in [0.15, 0.2) is 59.5 Å². The quantitative estimate of drug-likeness (QED) is 0.858. The zero-order chi connectivity index (χ0) is 16.7. The second-order valence-corrected chi connectivity index (χ2v) is 8.36. The van der Waals surface area contributed by atoms with Gasteiger partial charge in [0.05, 0.1) is 23.2 Å². The van der Waals surface area contributed by atoms with Crippen molar-refractivity contribution in [2.75, 3.05) is 24.8 Å². The Morgan fingerprint density at radius 1 is 1.00 bits per heavy atom. The summed E-state index contributed by atoms with van der Waals surface area (Å²) in [4.78, 5) is 6.16. The van der Waals surface area contributed by atoms with E-state index in [0.29, 0.717) is 24.6 Å². The molecule has 0 radical (unpaired) electrons. The molecule has 5 nitrogen and oxygen atoms in total. The molecule has 2 saturated heterocycles. The molecular weight excluding hydrogens is 324 g/mol. The molecule has 2 aliphatic heterocycles. The SMILES string of the molecule is Cc1ccc(S(=O)(=O)N2C[C@H]3CON(c4ccccc4)[C@H]3C2)cc1. The molecule has 2 atom stereocenters. The largest absolute Gasteiger partial charge is 0.273 e. The van der Waals surface area contributed by atoms with Crippen LogP contribution in [0.4, 0.5) is 5.69 Å². The van der Waals surface area contributed by atoms with Crippen molar-refractivity contribution in [3.63, 3.8) is 0 Å². The molecule has 0 spiro atoms. The van der Waals surface area contributed by atoms with E-state index < -0.39 is 10.0 Å². The Balaban J connectivity index is 1.57. The third kappa shape index (κ3) is 2.60. The maximum Gasteiger partial charge on any atom is 0.243 e. The smallest absolute Gasteiger partial charge is 0.243 e. The minimum Gasteiger partial charge on any atom is -0.273 e. The molecule has 0 saturated carbocycles. The third-order valence-corrected chi connectivity index (χ3v) is 6.62. The van der Waals surface area contributed by atoms with E-state index in [1.807, 2.05) is 54.5 Å². The van der Waals surface area contributed by atoms with Crippen LogP contribution in [0.25, 0.3) is 0 Å². The number of para-hydroxylation sites is 1. The molecule has 0 amide bonds. The van der Waals surface area contributed by atoms with Crippen LogP contribution in [-0.2, 0) is 14.9 Å². The monoisotopic (exact) mass is 344 g/mol. The van der Waals surface area contributed by atoms with Gasteiger partial charge in [-0.25, -0.2) is 13.5 Å². The Morgan fingerprint density at radius 3 is 2.42 bits per heavy atom. The molecule has 0 unspecified atom stereocenters. The van der Waals surface area contributed by atoms with Gasteiger partial charge in [0.2, 0.25) is 10.0 Å². The second-order valence-electron chi connectivity index (χ2n) is 6.42. The normalized spacial score (nSPS) is 24.3. The van der Waals surface area contributed by atoms with E-state index in [4.69, 9.17) is 4.84 Å². The molecule has 2 fully saturated rings. The first-order chi connectivity index (χ1) is 11.6. The zero-order valence-corrected chi connectivity index (χ0v) is 14.3. The molecule has 6 heteroatoms. The first kappa shape index (κ1) is 15.6. The van der Waals surface area contributed by atoms with Crippen molar-refractivity contribution in [2.24, 2.45) is 5.92 Å². The topological polar surface area (TPSA) is 49.9 Å². The van der Waals surface area contributed by atoms with Crippen molar-refractivity contribution in [3.8, 4) is 0 Å². The fourth-order valence-electron chi connectivity index (χ4n) is 3.41. The van der Waals surface area contributed by atoms with E-state index >= 15 is 0 Å². The Hall–Kier alpha value is -1.89. The molecule has 126 valence electrons. The highest BCUT2D eigenvalue weighted by Crippen LogP contribution is 2.35. The summed E-state index contributed by atoms with van der Waals surface area (Å²) < 4.78 is 27.4. The van der Waals surface area contributed by atoms with Crippen molar-refractivity contribution in [1.82, 2.24) is 4.31 Å². The fraction of sp³-hybridized carbons (Fsp3) is 0.333. The molecule has 2 aliphatic rings. The summed E-state index contributed by atoms with van der Waals surface area (Å²) in [6.45, 7) is 3.46. The van der Waals surface area contributed by atoms with Gasteiger partial charge in [-0.1, -0.05) is 35.9 Å². The summed E-state index contributed by atoms with van der Waals surface area (Å²) in [5.41, 5.74) is 2.02. The Labute approximate surface area is 142 Å². The summed E-state index contributed by atoms with van der Waals surface area (Å²) in [6, 6.07) is 17.0. The van der Waals surface area contributed by atoms with Gasteiger partial charge in [0, 0.05) is 19.0 Å². The summed E-state index contributed by atoms with van der Waals surface area (Å²) in [7, 11) is -3.45. The predicted molar refractivity (Wildman–Crippen MR) is 92.1 cm³/mol. The minimum absolute atomic E-state index is 0.0626. The van der Waals surface area contributed by atoms with E-state index in [9.17, 15) is 8.42 Å². The highest BCUT2D eigenvalue weighted by molar-refractivity contribution is 7.89. The van der Waals surface area contributed by atoms with Crippen molar-refractivity contribution >= 4 is 15.7 Å². The van der Waals surface area contributed by atoms with Gasteiger partial charge >= 0.3 is 0 Å². The van der Waals surface area contributed by atoms with Crippen molar-refractivity contribution < 1.29 is 13.3 Å². The molecule has 2 aromatic rings. The first-order valence-corrected chi connectivity index (χ1v) is 9.54. The Morgan fingerprint density at radius 2 is 1.71 bits per heavy atom. The zero-order valence-electron chi connectivity index (χ0n) is 13.5. The van der Waals surface area contributed by atoms with Gasteiger partial charge in [0.25, 0.3) is 0 Å². The number of benzene rings is 2. The first-order valence-electron chi connectivity index (χ1n) is 8.10. The summed E-state index contributed by atoms with van der Waals surface area (Å²) >= 11 is 0. The number of hydroxylamine groups is 1. The van der Waals surface area contributed by atoms with Crippen LogP contribution in [0.2, 0.25) is 0 Å². The lowest BCUT2D eigenvalue weighted by molar-refractivity contribution is 0.142. The fourth-order valence-corrected chi connectivity index (χ4v) is 4.93. The summed E-state index contributed by atoms with van der Waals surface area (Å²) in [5.74, 6) is 0.199. The van der Waals surface area contributed by atoms with Gasteiger partial charge in [0.1, 0.15) is 0 Å². The lowest BCUT2D eigenvalue weighted by atomic mass is 10.1. The molecule has 24 heavy (non-hydrogen) atoms. The molecule has 0 aromatic heterocycles. The number of nitrogens with zero attached hydrogens (tertiary/aromatic N) is 2. The van der Waals surface area contributed by atoms with Crippen molar-refractivity contribution in [2.45, 2.75) is 17.9 Å². The van der Waals surface area contributed by atoms with Crippen LogP contribution in [-0.4, -0.2) is 38.5 Å². The van der Waals surface area contributed by atoms with Crippen molar-refractivity contribution in [1.29, 1.82) is 0 Å². The van der Waals surface area contributed by atoms with Gasteiger partial charge in [-0.3, -0.25) is 4.84 Å². The Kier molecular flexibility index (Phi) is 3.83. The molecule has 0 N–H and O–H groups in total. The molecule has 4 rings (SSSR count). The number of aryl methyl sites for hydroxylation is 1. The lowest BCUT2D eigenvalue weighted by Gasteiger charge is -2.25. The summed E-state index contributed by atoms with van der Waals surface area (Å²) in [6.07, 6.45) is 0. The van der Waals surface area contributed by atoms with Crippen LogP contribution < -0.4 is 5.06 Å². The van der Waals surface area contributed by atoms with Crippen LogP contribution in [0.1, 0.15) is 5.56 Å². The van der Waals surface area contributed by atoms with E-state index in [1.54, 1.807) is 16.4 Å². The molecule has 2 heterocycles. The standard InChI is InChI=1S/C18H20N2O3S/c1-14-7-9-17(10-8-14)24(21,22)19-11-15-13-23-20(18(15)12-19)16-5-3-2-4-6-16/h2-10,15,18H,11-13H2,1H3/t15-,18-/m0/s1. The maximum absolute atomic E-state index is 12.9. The van der Waals surface area contributed by atoms with Gasteiger partial charge in [-0.2, -0.15) is 4.31 Å². The molecular formula is C18H20N2O3S. The van der Waals surface area contributed by atoms with Crippen LogP contribution in [0, 0.1) is 12.8 Å². The number of sulfonamides is 1. The maximum atomic E-state index is 12.9. The highest BCUT2D eigenvalue weighted by Gasteiger charge is 2.46. The average Bonchev–Trinajstić information content (AvgIpc) is 3.17. The lowest BCUT2D eigenvalue weighted by Crippen LogP contribution is -2.36. The number of hydrogen-bond donors (Lipinski definition) is 0. The van der Waals surface area contributed by atoms with Crippen LogP contribution in [0.3, 0.4) is 0 Å². The molecule has 2 aromatic carbocycles. The number of rotatable bonds is 3. The third-order valence-electron chi connectivity index (χ3n) is 4.77. The van der Waals surface area contributed by atoms with E-state index in [0.717, 1.165) is 11.3 Å². The van der Waals surface area contributed by atoms with E-state index in [2.05, 4.69) is 0 Å². The highest BCUT2D eigenvalue weighted by atomic mass is 32.2. The minimum atomic E-state index is -3.45. The number of fused-ring (bicyclic) bond motifs is 1. The van der Waals surface area contributed by atoms with Gasteiger partial charge in [-0.15, -0.1) is 0 Å².